The molecule has 0 aliphatic carbocycles. The molecule has 0 fully saturated rings. The minimum atomic E-state index is 0.0928. The second kappa shape index (κ2) is 4.38. The lowest BCUT2D eigenvalue weighted by Gasteiger charge is -1.96. The van der Waals surface area contributed by atoms with Crippen molar-refractivity contribution in [3.63, 3.8) is 0 Å². The standard InChI is InChI=1S/C11H14OS/c1-8(2)11(12)5-4-10-6-7-13-9(10)3/h4-8H,1-3H3. The highest BCUT2D eigenvalue weighted by atomic mass is 32.1. The van der Waals surface area contributed by atoms with Gasteiger partial charge in [-0.25, -0.2) is 0 Å². The van der Waals surface area contributed by atoms with Crippen LogP contribution in [0.1, 0.15) is 24.3 Å². The second-order valence-electron chi connectivity index (χ2n) is 3.32. The Hall–Kier alpha value is -0.890. The number of thiophene rings is 1. The van der Waals surface area contributed by atoms with Crippen LogP contribution in [0.2, 0.25) is 0 Å². The minimum absolute atomic E-state index is 0.0928. The van der Waals surface area contributed by atoms with Gasteiger partial charge in [-0.3, -0.25) is 4.79 Å². The van der Waals surface area contributed by atoms with Crippen LogP contribution in [-0.2, 0) is 4.79 Å². The Balaban J connectivity index is 2.69. The molecular weight excluding hydrogens is 180 g/mol. The summed E-state index contributed by atoms with van der Waals surface area (Å²) in [5.41, 5.74) is 1.15. The second-order valence-corrected chi connectivity index (χ2v) is 4.44. The largest absolute Gasteiger partial charge is 0.295 e. The Morgan fingerprint density at radius 2 is 2.23 bits per heavy atom. The van der Waals surface area contributed by atoms with Crippen molar-refractivity contribution in [3.05, 3.63) is 28.0 Å². The normalized spacial score (nSPS) is 11.4. The molecule has 0 saturated heterocycles. The van der Waals surface area contributed by atoms with Gasteiger partial charge in [-0.1, -0.05) is 19.9 Å². The molecule has 1 heterocycles. The Morgan fingerprint density at radius 3 is 2.69 bits per heavy atom. The molecule has 1 aromatic rings. The van der Waals surface area contributed by atoms with Gasteiger partial charge in [0.25, 0.3) is 0 Å². The van der Waals surface area contributed by atoms with Crippen LogP contribution in [0.5, 0.6) is 0 Å². The van der Waals surface area contributed by atoms with Crippen molar-refractivity contribution in [1.82, 2.24) is 0 Å². The molecule has 0 radical (unpaired) electrons. The van der Waals surface area contributed by atoms with E-state index in [-0.39, 0.29) is 11.7 Å². The molecule has 70 valence electrons. The third-order valence-corrected chi connectivity index (χ3v) is 2.76. The number of ketones is 1. The van der Waals surface area contributed by atoms with E-state index in [9.17, 15) is 4.79 Å². The first-order chi connectivity index (χ1) is 6.11. The van der Waals surface area contributed by atoms with Gasteiger partial charge in [-0.15, -0.1) is 11.3 Å². The molecule has 1 rings (SSSR count). The fourth-order valence-electron chi connectivity index (χ4n) is 0.932. The SMILES string of the molecule is Cc1sccc1C=CC(=O)C(C)C. The summed E-state index contributed by atoms with van der Waals surface area (Å²) in [6, 6.07) is 2.03. The number of rotatable bonds is 3. The lowest BCUT2D eigenvalue weighted by atomic mass is 10.1. The van der Waals surface area contributed by atoms with Gasteiger partial charge in [0.15, 0.2) is 5.78 Å². The molecule has 0 aliphatic rings. The molecule has 1 aromatic heterocycles. The summed E-state index contributed by atoms with van der Waals surface area (Å²) in [5, 5.41) is 2.04. The van der Waals surface area contributed by atoms with Crippen molar-refractivity contribution in [3.8, 4) is 0 Å². The number of hydrogen-bond donors (Lipinski definition) is 0. The van der Waals surface area contributed by atoms with Crippen molar-refractivity contribution >= 4 is 23.2 Å². The Morgan fingerprint density at radius 1 is 1.54 bits per heavy atom. The van der Waals surface area contributed by atoms with E-state index in [4.69, 9.17) is 0 Å². The Kier molecular flexibility index (Phi) is 3.43. The molecule has 0 unspecified atom stereocenters. The van der Waals surface area contributed by atoms with Gasteiger partial charge < -0.3 is 0 Å². The van der Waals surface area contributed by atoms with Crippen molar-refractivity contribution < 1.29 is 4.79 Å². The number of allylic oxidation sites excluding steroid dienone is 1. The van der Waals surface area contributed by atoms with Crippen molar-refractivity contribution in [2.24, 2.45) is 5.92 Å². The summed E-state index contributed by atoms with van der Waals surface area (Å²) >= 11 is 1.70. The fourth-order valence-corrected chi connectivity index (χ4v) is 1.62. The van der Waals surface area contributed by atoms with Gasteiger partial charge in [-0.05, 0) is 30.0 Å². The molecule has 13 heavy (non-hydrogen) atoms. The molecule has 2 heteroatoms. The third kappa shape index (κ3) is 2.81. The molecule has 0 aromatic carbocycles. The zero-order chi connectivity index (χ0) is 9.84. The van der Waals surface area contributed by atoms with E-state index in [0.717, 1.165) is 5.56 Å². The van der Waals surface area contributed by atoms with Crippen LogP contribution < -0.4 is 0 Å². The van der Waals surface area contributed by atoms with Gasteiger partial charge in [0, 0.05) is 10.8 Å². The van der Waals surface area contributed by atoms with Crippen LogP contribution in [0.3, 0.4) is 0 Å². The van der Waals surface area contributed by atoms with Crippen molar-refractivity contribution in [2.75, 3.05) is 0 Å². The maximum Gasteiger partial charge on any atom is 0.158 e. The molecule has 0 spiro atoms. The Bertz CT molecular complexity index is 321. The van der Waals surface area contributed by atoms with Crippen LogP contribution in [0, 0.1) is 12.8 Å². The van der Waals surface area contributed by atoms with E-state index < -0.39 is 0 Å². The van der Waals surface area contributed by atoms with E-state index in [1.807, 2.05) is 31.4 Å². The maximum atomic E-state index is 11.3. The first-order valence-corrected chi connectivity index (χ1v) is 5.25. The van der Waals surface area contributed by atoms with Crippen LogP contribution in [0.25, 0.3) is 6.08 Å². The Labute approximate surface area is 83.1 Å². The zero-order valence-electron chi connectivity index (χ0n) is 8.20. The molecule has 0 saturated carbocycles. The van der Waals surface area contributed by atoms with Crippen LogP contribution in [0.4, 0.5) is 0 Å². The number of aryl methyl sites for hydroxylation is 1. The number of carbonyl (C=O) groups excluding carboxylic acids is 1. The van der Waals surface area contributed by atoms with Gasteiger partial charge in [0.2, 0.25) is 0 Å². The average molecular weight is 194 g/mol. The summed E-state index contributed by atoms with van der Waals surface area (Å²) in [4.78, 5) is 12.5. The van der Waals surface area contributed by atoms with E-state index in [0.29, 0.717) is 0 Å². The monoisotopic (exact) mass is 194 g/mol. The predicted molar refractivity (Wildman–Crippen MR) is 57.9 cm³/mol. The topological polar surface area (TPSA) is 17.1 Å². The summed E-state index contributed by atoms with van der Waals surface area (Å²) in [6.45, 7) is 5.88. The van der Waals surface area contributed by atoms with Crippen LogP contribution in [-0.4, -0.2) is 5.78 Å². The molecule has 1 nitrogen and oxygen atoms in total. The molecular formula is C11H14OS. The minimum Gasteiger partial charge on any atom is -0.295 e. The molecule has 0 aliphatic heterocycles. The van der Waals surface area contributed by atoms with Gasteiger partial charge >= 0.3 is 0 Å². The summed E-state index contributed by atoms with van der Waals surface area (Å²) in [5.74, 6) is 0.279. The number of carbonyl (C=O) groups is 1. The molecule has 0 atom stereocenters. The zero-order valence-corrected chi connectivity index (χ0v) is 9.02. The van der Waals surface area contributed by atoms with E-state index in [1.165, 1.54) is 4.88 Å². The third-order valence-electron chi connectivity index (χ3n) is 1.90. The lowest BCUT2D eigenvalue weighted by molar-refractivity contribution is -0.117. The highest BCUT2D eigenvalue weighted by Crippen LogP contribution is 2.16. The molecule has 0 bridgehead atoms. The van der Waals surface area contributed by atoms with E-state index in [1.54, 1.807) is 17.4 Å². The summed E-state index contributed by atoms with van der Waals surface area (Å²) in [6.07, 6.45) is 3.56. The maximum absolute atomic E-state index is 11.3. The van der Waals surface area contributed by atoms with Crippen LogP contribution in [0.15, 0.2) is 17.5 Å². The quantitative estimate of drug-likeness (QED) is 0.675. The van der Waals surface area contributed by atoms with E-state index in [2.05, 4.69) is 6.92 Å². The van der Waals surface area contributed by atoms with Gasteiger partial charge in [0.05, 0.1) is 0 Å². The molecule has 0 N–H and O–H groups in total. The van der Waals surface area contributed by atoms with Gasteiger partial charge in [0.1, 0.15) is 0 Å². The highest BCUT2D eigenvalue weighted by molar-refractivity contribution is 7.10. The predicted octanol–water partition coefficient (Wildman–Crippen LogP) is 3.29. The van der Waals surface area contributed by atoms with Crippen molar-refractivity contribution in [1.29, 1.82) is 0 Å². The van der Waals surface area contributed by atoms with Gasteiger partial charge in [-0.2, -0.15) is 0 Å². The van der Waals surface area contributed by atoms with E-state index >= 15 is 0 Å². The fraction of sp³-hybridized carbons (Fsp3) is 0.364. The smallest absolute Gasteiger partial charge is 0.158 e. The highest BCUT2D eigenvalue weighted by Gasteiger charge is 2.02. The molecule has 0 amide bonds. The lowest BCUT2D eigenvalue weighted by Crippen LogP contribution is -2.01. The average Bonchev–Trinajstić information content (AvgIpc) is 2.47. The number of hydrogen-bond acceptors (Lipinski definition) is 2. The van der Waals surface area contributed by atoms with Crippen LogP contribution >= 0.6 is 11.3 Å². The summed E-state index contributed by atoms with van der Waals surface area (Å²) in [7, 11) is 0. The summed E-state index contributed by atoms with van der Waals surface area (Å²) < 4.78 is 0. The first-order valence-electron chi connectivity index (χ1n) is 4.37. The first kappa shape index (κ1) is 10.2. The van der Waals surface area contributed by atoms with Crippen molar-refractivity contribution in [2.45, 2.75) is 20.8 Å².